The molecule has 41 heavy (non-hydrogen) atoms. The number of aromatic amines is 1. The van der Waals surface area contributed by atoms with E-state index in [2.05, 4.69) is 58.5 Å². The van der Waals surface area contributed by atoms with Gasteiger partial charge in [0.05, 0.1) is 18.8 Å². The lowest BCUT2D eigenvalue weighted by Crippen LogP contribution is -3.12. The topological polar surface area (TPSA) is 137 Å². The summed E-state index contributed by atoms with van der Waals surface area (Å²) in [4.78, 5) is 27.8. The average Bonchev–Trinajstić information content (AvgIpc) is 3.69. The van der Waals surface area contributed by atoms with Gasteiger partial charge in [0.1, 0.15) is 12.4 Å². The maximum atomic E-state index is 12.7. The van der Waals surface area contributed by atoms with Crippen LogP contribution < -0.4 is 26.2 Å². The molecule has 6 N–H and O–H groups in total. The van der Waals surface area contributed by atoms with Gasteiger partial charge in [0, 0.05) is 61.0 Å². The first-order chi connectivity index (χ1) is 20.2. The average molecular weight is 560 g/mol. The Hall–Kier alpha value is -3.73. The van der Waals surface area contributed by atoms with Crippen LogP contribution in [0.2, 0.25) is 0 Å². The third kappa shape index (κ3) is 7.72. The molecule has 3 fully saturated rings. The Morgan fingerprint density at radius 1 is 0.854 bits per heavy atom. The van der Waals surface area contributed by atoms with Crippen LogP contribution in [0.3, 0.4) is 0 Å². The molecule has 4 heterocycles. The van der Waals surface area contributed by atoms with E-state index in [1.807, 2.05) is 24.4 Å². The number of amides is 2. The number of piperidine rings is 1. The lowest BCUT2D eigenvalue weighted by atomic mass is 9.91. The Balaban J connectivity index is 0.894. The van der Waals surface area contributed by atoms with E-state index in [0.717, 1.165) is 75.5 Å². The lowest BCUT2D eigenvalue weighted by Gasteiger charge is -2.32. The van der Waals surface area contributed by atoms with Gasteiger partial charge in [-0.05, 0) is 56.7 Å². The molecular weight excluding hydrogens is 516 g/mol. The number of carbonyl (C=O) groups is 1. The Labute approximate surface area is 241 Å². The Morgan fingerprint density at radius 2 is 1.61 bits per heavy atom. The predicted octanol–water partition coefficient (Wildman–Crippen LogP) is 3.27. The van der Waals surface area contributed by atoms with Gasteiger partial charge in [-0.2, -0.15) is 10.1 Å². The summed E-state index contributed by atoms with van der Waals surface area (Å²) in [5.41, 5.74) is 2.34. The smallest absolute Gasteiger partial charge is 0.315 e. The molecule has 0 atom stereocenters. The summed E-state index contributed by atoms with van der Waals surface area (Å²) in [6.07, 6.45) is 14.5. The highest BCUT2D eigenvalue weighted by Gasteiger charge is 2.27. The van der Waals surface area contributed by atoms with Gasteiger partial charge in [-0.25, -0.2) is 9.78 Å². The van der Waals surface area contributed by atoms with E-state index >= 15 is 0 Å². The largest absolute Gasteiger partial charge is 0.351 e. The monoisotopic (exact) mass is 559 g/mol. The van der Waals surface area contributed by atoms with Crippen LogP contribution in [0, 0.1) is 0 Å². The number of pyridine rings is 1. The van der Waals surface area contributed by atoms with Crippen molar-refractivity contribution >= 4 is 23.6 Å². The van der Waals surface area contributed by atoms with Crippen molar-refractivity contribution in [1.29, 1.82) is 0 Å². The van der Waals surface area contributed by atoms with E-state index in [1.54, 1.807) is 6.20 Å². The number of rotatable bonds is 9. The number of hydrogen-bond donors (Lipinski definition) is 6. The van der Waals surface area contributed by atoms with Gasteiger partial charge in [0.25, 0.3) is 0 Å². The lowest BCUT2D eigenvalue weighted by molar-refractivity contribution is -0.919. The molecule has 0 spiro atoms. The molecule has 0 radical (unpaired) electrons. The van der Waals surface area contributed by atoms with Crippen molar-refractivity contribution in [2.45, 2.75) is 94.8 Å². The van der Waals surface area contributed by atoms with Crippen LogP contribution in [0.5, 0.6) is 0 Å². The van der Waals surface area contributed by atoms with Crippen molar-refractivity contribution in [1.82, 2.24) is 35.8 Å². The second kappa shape index (κ2) is 13.3. The summed E-state index contributed by atoms with van der Waals surface area (Å²) < 4.78 is 0. The number of H-pyrrole nitrogens is 1. The highest BCUT2D eigenvalue weighted by molar-refractivity contribution is 5.74. The second-order valence-electron chi connectivity index (χ2n) is 11.9. The maximum absolute atomic E-state index is 12.7. The Bertz CT molecular complexity index is 1240. The van der Waals surface area contributed by atoms with Crippen molar-refractivity contribution in [3.63, 3.8) is 0 Å². The normalized spacial score (nSPS) is 25.0. The van der Waals surface area contributed by atoms with Crippen LogP contribution in [0.4, 0.5) is 22.4 Å². The molecular formula is C30H43N10O+. The van der Waals surface area contributed by atoms with E-state index in [9.17, 15) is 4.79 Å². The third-order valence-electron chi connectivity index (χ3n) is 8.89. The molecule has 2 amide bonds. The van der Waals surface area contributed by atoms with Crippen molar-refractivity contribution in [3.05, 3.63) is 54.1 Å². The zero-order valence-corrected chi connectivity index (χ0v) is 23.7. The second-order valence-corrected chi connectivity index (χ2v) is 11.9. The maximum Gasteiger partial charge on any atom is 0.315 e. The molecule has 2 aliphatic carbocycles. The number of nitrogens with one attached hydrogen (secondary N) is 6. The van der Waals surface area contributed by atoms with Crippen LogP contribution in [-0.2, 0) is 6.54 Å². The van der Waals surface area contributed by atoms with Gasteiger partial charge in [-0.3, -0.25) is 10.1 Å². The van der Waals surface area contributed by atoms with Gasteiger partial charge >= 0.3 is 6.03 Å². The van der Waals surface area contributed by atoms with Crippen molar-refractivity contribution in [2.24, 2.45) is 0 Å². The number of aromatic nitrogens is 5. The minimum absolute atomic E-state index is 0.0313. The summed E-state index contributed by atoms with van der Waals surface area (Å²) in [7, 11) is 0. The van der Waals surface area contributed by atoms with Crippen LogP contribution in [-0.4, -0.2) is 62.4 Å². The highest BCUT2D eigenvalue weighted by atomic mass is 16.2. The Kier molecular flexibility index (Phi) is 8.89. The van der Waals surface area contributed by atoms with E-state index < -0.39 is 0 Å². The van der Waals surface area contributed by atoms with Gasteiger partial charge < -0.3 is 26.2 Å². The SMILES string of the molecule is O=C(NC1CCC(Nc2nccc(Nc3cc(C4CCCC4)[nH]n3)n2)CC1)NC1CC[NH+](Cc2ccccn2)CC1. The van der Waals surface area contributed by atoms with Crippen molar-refractivity contribution < 1.29 is 9.69 Å². The molecule has 0 bridgehead atoms. The summed E-state index contributed by atoms with van der Waals surface area (Å²) in [6.45, 7) is 3.06. The minimum atomic E-state index is -0.0313. The fourth-order valence-electron chi connectivity index (χ4n) is 6.56. The molecule has 218 valence electrons. The van der Waals surface area contributed by atoms with Crippen LogP contribution in [0.1, 0.15) is 81.5 Å². The van der Waals surface area contributed by atoms with E-state index in [1.165, 1.54) is 36.3 Å². The van der Waals surface area contributed by atoms with E-state index in [0.29, 0.717) is 11.9 Å². The Morgan fingerprint density at radius 3 is 2.37 bits per heavy atom. The van der Waals surface area contributed by atoms with E-state index in [4.69, 9.17) is 0 Å². The molecule has 11 heteroatoms. The molecule has 3 aliphatic rings. The molecule has 6 rings (SSSR count). The molecule has 1 saturated heterocycles. The molecule has 1 aliphatic heterocycles. The third-order valence-corrected chi connectivity index (χ3v) is 8.89. The summed E-state index contributed by atoms with van der Waals surface area (Å²) in [6, 6.07) is 10.7. The number of hydrogen-bond acceptors (Lipinski definition) is 7. The number of anilines is 3. The van der Waals surface area contributed by atoms with Crippen LogP contribution >= 0.6 is 0 Å². The van der Waals surface area contributed by atoms with Gasteiger partial charge in [0.15, 0.2) is 5.82 Å². The first-order valence-electron chi connectivity index (χ1n) is 15.4. The summed E-state index contributed by atoms with van der Waals surface area (Å²) in [5.74, 6) is 2.73. The number of urea groups is 1. The zero-order chi connectivity index (χ0) is 27.9. The molecule has 2 saturated carbocycles. The molecule has 11 nitrogen and oxygen atoms in total. The quantitative estimate of drug-likeness (QED) is 0.237. The first kappa shape index (κ1) is 27.4. The number of quaternary nitrogens is 1. The molecule has 0 unspecified atom stereocenters. The molecule has 3 aromatic rings. The molecule has 3 aromatic heterocycles. The predicted molar refractivity (Wildman–Crippen MR) is 158 cm³/mol. The van der Waals surface area contributed by atoms with E-state index in [-0.39, 0.29) is 24.2 Å². The van der Waals surface area contributed by atoms with Gasteiger partial charge in [-0.1, -0.05) is 18.9 Å². The minimum Gasteiger partial charge on any atom is -0.351 e. The van der Waals surface area contributed by atoms with Crippen molar-refractivity contribution in [2.75, 3.05) is 23.7 Å². The fourth-order valence-corrected chi connectivity index (χ4v) is 6.56. The number of carbonyl (C=O) groups excluding carboxylic acids is 1. The van der Waals surface area contributed by atoms with Crippen molar-refractivity contribution in [3.8, 4) is 0 Å². The highest BCUT2D eigenvalue weighted by Crippen LogP contribution is 2.34. The molecule has 0 aromatic carbocycles. The fraction of sp³-hybridized carbons (Fsp3) is 0.567. The van der Waals surface area contributed by atoms with Crippen LogP contribution in [0.25, 0.3) is 0 Å². The van der Waals surface area contributed by atoms with Gasteiger partial charge in [-0.15, -0.1) is 0 Å². The van der Waals surface area contributed by atoms with Crippen LogP contribution in [0.15, 0.2) is 42.7 Å². The number of nitrogens with zero attached hydrogens (tertiary/aromatic N) is 4. The van der Waals surface area contributed by atoms with Gasteiger partial charge in [0.2, 0.25) is 5.95 Å². The first-order valence-corrected chi connectivity index (χ1v) is 15.4. The zero-order valence-electron chi connectivity index (χ0n) is 23.7. The summed E-state index contributed by atoms with van der Waals surface area (Å²) >= 11 is 0. The summed E-state index contributed by atoms with van der Waals surface area (Å²) in [5, 5.41) is 20.8. The standard InChI is InChI=1S/C30H42N10O/c41-30(35-24-13-17-40(18-14-24)20-25-7-3-4-15-31-25)34-23-10-8-22(9-11-23)33-29-32-16-12-27(37-29)36-28-19-26(38-39-28)21-5-1-2-6-21/h3-4,7,12,15-16,19,21-24H,1-2,5-6,8-11,13-14,17-18,20H2,(H2,34,35,41)(H3,32,33,36,37,38,39)/p+1. The number of likely N-dealkylation sites (tertiary alicyclic amines) is 1.